The standard InChI is InChI=1S/C9H15Br2N/c1-9(10,11)8-6-7-2-4-12(8)5-3-7/h7-8H,2-6H2,1H3. The minimum absolute atomic E-state index is 0.124. The maximum Gasteiger partial charge on any atom is 0.0931 e. The van der Waals surface area contributed by atoms with Gasteiger partial charge in [-0.3, -0.25) is 4.90 Å². The van der Waals surface area contributed by atoms with E-state index < -0.39 is 0 Å². The zero-order valence-electron chi connectivity index (χ0n) is 7.39. The molecule has 0 spiro atoms. The second-order valence-corrected chi connectivity index (χ2v) is 8.55. The van der Waals surface area contributed by atoms with Gasteiger partial charge in [0.2, 0.25) is 0 Å². The summed E-state index contributed by atoms with van der Waals surface area (Å²) in [5, 5.41) is 0. The maximum atomic E-state index is 3.72. The van der Waals surface area contributed by atoms with Crippen molar-refractivity contribution < 1.29 is 0 Å². The lowest BCUT2D eigenvalue weighted by molar-refractivity contribution is 0.0478. The number of hydrogen-bond donors (Lipinski definition) is 0. The molecule has 0 aromatic carbocycles. The first kappa shape index (κ1) is 9.47. The van der Waals surface area contributed by atoms with E-state index in [1.165, 1.54) is 32.4 Å². The SMILES string of the molecule is CC(Br)(Br)C1CC2CCN1CC2. The number of piperidine rings is 3. The Bertz CT molecular complexity index is 168. The largest absolute Gasteiger partial charge is 0.298 e. The molecule has 3 heterocycles. The number of nitrogens with zero attached hydrogens (tertiary/aromatic N) is 1. The molecule has 0 saturated carbocycles. The van der Waals surface area contributed by atoms with E-state index in [9.17, 15) is 0 Å². The minimum atomic E-state index is 0.124. The molecule has 2 bridgehead atoms. The Kier molecular flexibility index (Phi) is 2.56. The maximum absolute atomic E-state index is 3.72. The molecule has 0 aromatic heterocycles. The van der Waals surface area contributed by atoms with Gasteiger partial charge in [-0.2, -0.15) is 0 Å². The third-order valence-corrected chi connectivity index (χ3v) is 4.29. The van der Waals surface area contributed by atoms with Crippen LogP contribution in [-0.2, 0) is 0 Å². The van der Waals surface area contributed by atoms with Crippen molar-refractivity contribution in [1.29, 1.82) is 0 Å². The molecule has 70 valence electrons. The highest BCUT2D eigenvalue weighted by molar-refractivity contribution is 9.25. The van der Waals surface area contributed by atoms with Crippen molar-refractivity contribution in [2.24, 2.45) is 5.92 Å². The molecule has 3 heteroatoms. The second kappa shape index (κ2) is 3.25. The molecular weight excluding hydrogens is 282 g/mol. The van der Waals surface area contributed by atoms with Gasteiger partial charge >= 0.3 is 0 Å². The smallest absolute Gasteiger partial charge is 0.0931 e. The van der Waals surface area contributed by atoms with E-state index in [1.54, 1.807) is 0 Å². The first-order chi connectivity index (χ1) is 5.57. The predicted molar refractivity (Wildman–Crippen MR) is 59.0 cm³/mol. The quantitative estimate of drug-likeness (QED) is 0.673. The van der Waals surface area contributed by atoms with Crippen LogP contribution in [0.1, 0.15) is 26.2 Å². The number of hydrogen-bond acceptors (Lipinski definition) is 1. The van der Waals surface area contributed by atoms with Crippen LogP contribution >= 0.6 is 31.9 Å². The molecule has 1 atom stereocenters. The van der Waals surface area contributed by atoms with Gasteiger partial charge in [-0.25, -0.2) is 0 Å². The van der Waals surface area contributed by atoms with Gasteiger partial charge in [0.1, 0.15) is 0 Å². The summed E-state index contributed by atoms with van der Waals surface area (Å²) in [6, 6.07) is 0.699. The highest BCUT2D eigenvalue weighted by atomic mass is 79.9. The van der Waals surface area contributed by atoms with Gasteiger partial charge in [-0.15, -0.1) is 0 Å². The van der Waals surface area contributed by atoms with Gasteiger partial charge in [0.25, 0.3) is 0 Å². The van der Waals surface area contributed by atoms with Crippen molar-refractivity contribution in [2.75, 3.05) is 13.1 Å². The zero-order chi connectivity index (χ0) is 8.77. The second-order valence-electron chi connectivity index (χ2n) is 4.19. The van der Waals surface area contributed by atoms with Crippen molar-refractivity contribution in [3.63, 3.8) is 0 Å². The van der Waals surface area contributed by atoms with Gasteiger partial charge < -0.3 is 0 Å². The van der Waals surface area contributed by atoms with E-state index in [4.69, 9.17) is 0 Å². The van der Waals surface area contributed by atoms with Crippen LogP contribution in [0.25, 0.3) is 0 Å². The third kappa shape index (κ3) is 1.73. The van der Waals surface area contributed by atoms with E-state index in [2.05, 4.69) is 43.7 Å². The molecule has 0 aliphatic carbocycles. The lowest BCUT2D eigenvalue weighted by Crippen LogP contribution is -2.54. The van der Waals surface area contributed by atoms with Crippen LogP contribution in [0.2, 0.25) is 0 Å². The fourth-order valence-electron chi connectivity index (χ4n) is 2.49. The number of halogens is 2. The van der Waals surface area contributed by atoms with Crippen LogP contribution < -0.4 is 0 Å². The fraction of sp³-hybridized carbons (Fsp3) is 1.00. The third-order valence-electron chi connectivity index (χ3n) is 3.23. The molecule has 0 amide bonds. The Morgan fingerprint density at radius 3 is 2.08 bits per heavy atom. The normalized spacial score (nSPS) is 41.8. The molecule has 3 aliphatic heterocycles. The predicted octanol–water partition coefficient (Wildman–Crippen LogP) is 2.98. The average molecular weight is 297 g/mol. The van der Waals surface area contributed by atoms with Crippen molar-refractivity contribution in [3.05, 3.63) is 0 Å². The number of alkyl halides is 2. The van der Waals surface area contributed by atoms with Gasteiger partial charge in [0.15, 0.2) is 0 Å². The molecule has 3 saturated heterocycles. The van der Waals surface area contributed by atoms with Gasteiger partial charge in [-0.1, -0.05) is 31.9 Å². The Balaban J connectivity index is 2.09. The molecular formula is C9H15Br2N. The van der Waals surface area contributed by atoms with Crippen molar-refractivity contribution >= 4 is 31.9 Å². The molecule has 3 rings (SSSR count). The molecule has 0 radical (unpaired) electrons. The van der Waals surface area contributed by atoms with E-state index in [0.717, 1.165) is 5.92 Å². The first-order valence-electron chi connectivity index (χ1n) is 4.69. The molecule has 1 unspecified atom stereocenters. The Labute approximate surface area is 91.1 Å². The fourth-order valence-corrected chi connectivity index (χ4v) is 3.45. The topological polar surface area (TPSA) is 3.24 Å². The number of fused-ring (bicyclic) bond motifs is 3. The lowest BCUT2D eigenvalue weighted by Gasteiger charge is -2.49. The Hall–Kier alpha value is 0.920. The summed E-state index contributed by atoms with van der Waals surface area (Å²) in [5.41, 5.74) is 0. The van der Waals surface area contributed by atoms with Crippen molar-refractivity contribution in [1.82, 2.24) is 4.90 Å². The molecule has 1 nitrogen and oxygen atoms in total. The minimum Gasteiger partial charge on any atom is -0.298 e. The summed E-state index contributed by atoms with van der Waals surface area (Å²) in [6.45, 7) is 4.84. The van der Waals surface area contributed by atoms with Crippen LogP contribution in [0.5, 0.6) is 0 Å². The molecule has 0 aromatic rings. The average Bonchev–Trinajstić information content (AvgIpc) is 2.05. The van der Waals surface area contributed by atoms with E-state index in [1.807, 2.05) is 0 Å². The monoisotopic (exact) mass is 295 g/mol. The highest BCUT2D eigenvalue weighted by Gasteiger charge is 2.41. The van der Waals surface area contributed by atoms with Crippen LogP contribution in [0, 0.1) is 5.92 Å². The molecule has 3 aliphatic rings. The molecule has 0 N–H and O–H groups in total. The summed E-state index contributed by atoms with van der Waals surface area (Å²) in [6.07, 6.45) is 4.21. The summed E-state index contributed by atoms with van der Waals surface area (Å²) in [7, 11) is 0. The van der Waals surface area contributed by atoms with Crippen LogP contribution in [-0.4, -0.2) is 27.3 Å². The highest BCUT2D eigenvalue weighted by Crippen LogP contribution is 2.42. The van der Waals surface area contributed by atoms with Crippen LogP contribution in [0.15, 0.2) is 0 Å². The van der Waals surface area contributed by atoms with Gasteiger partial charge in [0.05, 0.1) is 3.23 Å². The Morgan fingerprint density at radius 2 is 1.83 bits per heavy atom. The van der Waals surface area contributed by atoms with Gasteiger partial charge in [0, 0.05) is 6.04 Å². The van der Waals surface area contributed by atoms with E-state index in [0.29, 0.717) is 6.04 Å². The van der Waals surface area contributed by atoms with Crippen LogP contribution in [0.3, 0.4) is 0 Å². The van der Waals surface area contributed by atoms with E-state index >= 15 is 0 Å². The number of rotatable bonds is 1. The summed E-state index contributed by atoms with van der Waals surface area (Å²) in [5.74, 6) is 0.995. The first-order valence-corrected chi connectivity index (χ1v) is 6.28. The van der Waals surface area contributed by atoms with E-state index in [-0.39, 0.29) is 3.23 Å². The molecule has 12 heavy (non-hydrogen) atoms. The summed E-state index contributed by atoms with van der Waals surface area (Å²) < 4.78 is 0.124. The zero-order valence-corrected chi connectivity index (χ0v) is 10.6. The van der Waals surface area contributed by atoms with Crippen molar-refractivity contribution in [2.45, 2.75) is 35.5 Å². The molecule has 3 fully saturated rings. The summed E-state index contributed by atoms with van der Waals surface area (Å²) >= 11 is 7.43. The van der Waals surface area contributed by atoms with Crippen LogP contribution in [0.4, 0.5) is 0 Å². The lowest BCUT2D eigenvalue weighted by atomic mass is 9.82. The Morgan fingerprint density at radius 1 is 1.25 bits per heavy atom. The van der Waals surface area contributed by atoms with Crippen molar-refractivity contribution in [3.8, 4) is 0 Å². The summed E-state index contributed by atoms with van der Waals surface area (Å²) in [4.78, 5) is 2.61. The van der Waals surface area contributed by atoms with Gasteiger partial charge in [-0.05, 0) is 45.2 Å².